The highest BCUT2D eigenvalue weighted by Crippen LogP contribution is 2.23. The Morgan fingerprint density at radius 2 is 1.11 bits per heavy atom. The molecule has 4 N–H and O–H groups in total. The smallest absolute Gasteiger partial charge is 0.450 e. The number of piperazine rings is 2. The van der Waals surface area contributed by atoms with Gasteiger partial charge in [-0.3, -0.25) is 38.8 Å². The van der Waals surface area contributed by atoms with Crippen LogP contribution in [0.25, 0.3) is 0 Å². The van der Waals surface area contributed by atoms with Crippen LogP contribution in [-0.2, 0) is 19.2 Å². The third-order valence-electron chi connectivity index (χ3n) is 5.67. The van der Waals surface area contributed by atoms with E-state index in [4.69, 9.17) is 30.0 Å². The predicted octanol–water partition coefficient (Wildman–Crippen LogP) is 0.171. The first-order chi connectivity index (χ1) is 16.7. The van der Waals surface area contributed by atoms with Gasteiger partial charge in [0.2, 0.25) is 23.6 Å². The minimum atomic E-state index is -1.83. The molecule has 0 radical (unpaired) electrons. The van der Waals surface area contributed by atoms with E-state index in [1.54, 1.807) is 15.9 Å². The fourth-order valence-electron chi connectivity index (χ4n) is 4.05. The van der Waals surface area contributed by atoms with E-state index in [9.17, 15) is 19.2 Å². The maximum Gasteiger partial charge on any atom is 0.503 e. The van der Waals surface area contributed by atoms with E-state index in [1.165, 1.54) is 9.80 Å². The van der Waals surface area contributed by atoms with Crippen LogP contribution < -0.4 is 0 Å². The van der Waals surface area contributed by atoms with Crippen molar-refractivity contribution in [2.45, 2.75) is 13.3 Å². The largest absolute Gasteiger partial charge is 0.503 e. The van der Waals surface area contributed by atoms with Gasteiger partial charge in [0.25, 0.3) is 0 Å². The number of nitrogens with zero attached hydrogens (tertiary/aromatic N) is 4. The summed E-state index contributed by atoms with van der Waals surface area (Å²) in [6, 6.07) is 0. The molecule has 6 aliphatic heterocycles. The van der Waals surface area contributed by atoms with Gasteiger partial charge in [-0.2, -0.15) is 0 Å². The minimum absolute atomic E-state index is 0.0329. The Bertz CT molecular complexity index is 849. The lowest BCUT2D eigenvalue weighted by atomic mass is 9.90. The van der Waals surface area contributed by atoms with Gasteiger partial charge in [0.05, 0.1) is 26.2 Å². The molecule has 6 aliphatic rings. The molecule has 36 heavy (non-hydrogen) atoms. The van der Waals surface area contributed by atoms with Crippen LogP contribution in [0, 0.1) is 11.8 Å². The number of carbonyl (C=O) groups excluding carboxylic acids is 4. The van der Waals surface area contributed by atoms with Crippen LogP contribution in [0.3, 0.4) is 0 Å². The fraction of sp³-hybridized carbons (Fsp3) is 0.545. The molecule has 6 saturated heterocycles. The van der Waals surface area contributed by atoms with E-state index < -0.39 is 12.3 Å². The number of carboxylic acid groups (broad SMARTS) is 4. The summed E-state index contributed by atoms with van der Waals surface area (Å²) in [5, 5.41) is 27.9. The van der Waals surface area contributed by atoms with Crippen molar-refractivity contribution in [1.82, 2.24) is 19.6 Å². The molecular formula is C22H32N4O10. The molecule has 0 spiro atoms. The van der Waals surface area contributed by atoms with E-state index in [-0.39, 0.29) is 68.2 Å². The van der Waals surface area contributed by atoms with Crippen LogP contribution in [-0.4, -0.2) is 128 Å². The second-order valence-electron chi connectivity index (χ2n) is 8.59. The summed E-state index contributed by atoms with van der Waals surface area (Å²) in [5.41, 5.74) is 0.844. The Morgan fingerprint density at radius 1 is 0.778 bits per heavy atom. The molecule has 0 aromatic carbocycles. The van der Waals surface area contributed by atoms with Crippen molar-refractivity contribution in [2.24, 2.45) is 11.8 Å². The van der Waals surface area contributed by atoms with E-state index in [2.05, 4.69) is 13.2 Å². The Hall–Kier alpha value is -3.78. The van der Waals surface area contributed by atoms with Gasteiger partial charge in [0, 0.05) is 32.1 Å². The third kappa shape index (κ3) is 9.84. The monoisotopic (exact) mass is 512 g/mol. The normalized spacial score (nSPS) is 27.0. The molecule has 0 aliphatic carbocycles. The van der Waals surface area contributed by atoms with Gasteiger partial charge in [0.15, 0.2) is 0 Å². The molecule has 6 rings (SSSR count). The molecule has 4 bridgehead atoms. The lowest BCUT2D eigenvalue weighted by Crippen LogP contribution is -2.58. The highest BCUT2D eigenvalue weighted by atomic mass is 16.6. The highest BCUT2D eigenvalue weighted by molar-refractivity contribution is 6.00. The van der Waals surface area contributed by atoms with Crippen LogP contribution in [0.4, 0.5) is 9.59 Å². The van der Waals surface area contributed by atoms with Crippen molar-refractivity contribution in [3.63, 3.8) is 0 Å². The molecule has 2 unspecified atom stereocenters. The summed E-state index contributed by atoms with van der Waals surface area (Å²) >= 11 is 0. The van der Waals surface area contributed by atoms with Gasteiger partial charge in [-0.05, 0) is 12.3 Å². The van der Waals surface area contributed by atoms with Gasteiger partial charge in [-0.25, -0.2) is 9.59 Å². The van der Waals surface area contributed by atoms with E-state index in [0.717, 1.165) is 5.57 Å². The SMILES string of the molecule is C=CC1CN2C(=O)CN(CCN3CC(=O)N(CC(C)CC1=C)C(=O)C3)CC2=O.O=C(O)O.O=C(O)O. The zero-order valence-electron chi connectivity index (χ0n) is 20.0. The van der Waals surface area contributed by atoms with E-state index in [0.29, 0.717) is 26.1 Å². The first kappa shape index (κ1) is 30.3. The van der Waals surface area contributed by atoms with Crippen LogP contribution in [0.2, 0.25) is 0 Å². The summed E-state index contributed by atoms with van der Waals surface area (Å²) in [7, 11) is 0. The summed E-state index contributed by atoms with van der Waals surface area (Å²) in [6.07, 6.45) is -1.38. The molecule has 200 valence electrons. The van der Waals surface area contributed by atoms with Gasteiger partial charge in [0.1, 0.15) is 0 Å². The standard InChI is InChI=1S/C20H28N4O4.2CH2O3/c1-4-16-9-24-19(27)12-22(13-20(24)28)6-5-21-10-17(25)23(18(26)11-21)8-14(2)7-15(16)3;2*2-1(3)4/h4,14,16H,1,3,5-13H2,2H3;2*(H2,2,3,4). The number of imide groups is 2. The Kier molecular flexibility index (Phi) is 11.7. The average Bonchev–Trinajstić information content (AvgIpc) is 2.73. The topological polar surface area (TPSA) is 196 Å². The maximum atomic E-state index is 12.5. The van der Waals surface area contributed by atoms with Crippen LogP contribution in [0.15, 0.2) is 24.8 Å². The molecule has 0 saturated carbocycles. The molecule has 0 aromatic rings. The second-order valence-corrected chi connectivity index (χ2v) is 8.59. The molecule has 14 nitrogen and oxygen atoms in total. The number of rotatable bonds is 1. The first-order valence-electron chi connectivity index (χ1n) is 11.0. The quantitative estimate of drug-likeness (QED) is 0.275. The first-order valence-corrected chi connectivity index (χ1v) is 11.0. The van der Waals surface area contributed by atoms with Gasteiger partial charge < -0.3 is 20.4 Å². The van der Waals surface area contributed by atoms with Crippen molar-refractivity contribution >= 4 is 35.9 Å². The molecule has 6 fully saturated rings. The van der Waals surface area contributed by atoms with Crippen molar-refractivity contribution in [3.05, 3.63) is 24.8 Å². The maximum absolute atomic E-state index is 12.5. The van der Waals surface area contributed by atoms with Crippen molar-refractivity contribution < 1.29 is 49.2 Å². The summed E-state index contributed by atoms with van der Waals surface area (Å²) in [4.78, 5) is 73.4. The lowest BCUT2D eigenvalue weighted by Gasteiger charge is -2.38. The van der Waals surface area contributed by atoms with Gasteiger partial charge in [-0.1, -0.05) is 25.2 Å². The van der Waals surface area contributed by atoms with E-state index in [1.807, 2.05) is 6.92 Å². The van der Waals surface area contributed by atoms with Crippen LogP contribution in [0.1, 0.15) is 13.3 Å². The zero-order chi connectivity index (χ0) is 27.6. The molecule has 0 aromatic heterocycles. The Labute approximate surface area is 207 Å². The third-order valence-corrected chi connectivity index (χ3v) is 5.67. The van der Waals surface area contributed by atoms with Gasteiger partial charge >= 0.3 is 12.3 Å². The Balaban J connectivity index is 0.000000709. The number of hydrogen-bond acceptors (Lipinski definition) is 8. The summed E-state index contributed by atoms with van der Waals surface area (Å²) in [5.74, 6) is -1.03. The molecule has 14 heteroatoms. The summed E-state index contributed by atoms with van der Waals surface area (Å²) in [6.45, 7) is 12.1. The van der Waals surface area contributed by atoms with Crippen LogP contribution in [0.5, 0.6) is 0 Å². The van der Waals surface area contributed by atoms with Crippen LogP contribution >= 0.6 is 0 Å². The highest BCUT2D eigenvalue weighted by Gasteiger charge is 2.35. The van der Waals surface area contributed by atoms with Crippen molar-refractivity contribution in [1.29, 1.82) is 0 Å². The van der Waals surface area contributed by atoms with Crippen molar-refractivity contribution in [2.75, 3.05) is 52.4 Å². The molecule has 2 atom stereocenters. The average molecular weight is 513 g/mol. The second kappa shape index (κ2) is 13.9. The summed E-state index contributed by atoms with van der Waals surface area (Å²) < 4.78 is 0. The van der Waals surface area contributed by atoms with Crippen molar-refractivity contribution in [3.8, 4) is 0 Å². The van der Waals surface area contributed by atoms with E-state index >= 15 is 0 Å². The number of hydrogen-bond donors (Lipinski definition) is 4. The van der Waals surface area contributed by atoms with Gasteiger partial charge in [-0.15, -0.1) is 6.58 Å². The zero-order valence-corrected chi connectivity index (χ0v) is 20.0. The Morgan fingerprint density at radius 3 is 1.44 bits per heavy atom. The fourth-order valence-corrected chi connectivity index (χ4v) is 4.05. The number of carbonyl (C=O) groups is 6. The molecular weight excluding hydrogens is 480 g/mol. The molecule has 4 amide bonds. The lowest BCUT2D eigenvalue weighted by molar-refractivity contribution is -0.155. The molecule has 6 heterocycles. The minimum Gasteiger partial charge on any atom is -0.450 e. The number of amides is 4. The predicted molar refractivity (Wildman–Crippen MR) is 124 cm³/mol.